The Hall–Kier alpha value is -1.60. The van der Waals surface area contributed by atoms with Crippen LogP contribution in [-0.4, -0.2) is 25.2 Å². The van der Waals surface area contributed by atoms with Gasteiger partial charge in [0.25, 0.3) is 0 Å². The van der Waals surface area contributed by atoms with Crippen molar-refractivity contribution in [2.75, 3.05) is 24.5 Å². The van der Waals surface area contributed by atoms with E-state index in [1.807, 2.05) is 6.92 Å². The highest BCUT2D eigenvalue weighted by atomic mass is 19.1. The fraction of sp³-hybridized carbons (Fsp3) is 0.562. The normalized spacial score (nSPS) is 13.6. The summed E-state index contributed by atoms with van der Waals surface area (Å²) in [5, 5.41) is 12.6. The van der Waals surface area contributed by atoms with Gasteiger partial charge in [-0.2, -0.15) is 5.26 Å². The van der Waals surface area contributed by atoms with E-state index in [1.54, 1.807) is 12.1 Å². The van der Waals surface area contributed by atoms with Gasteiger partial charge < -0.3 is 4.90 Å². The van der Waals surface area contributed by atoms with Crippen molar-refractivity contribution >= 4 is 5.69 Å². The number of nitriles is 1. The summed E-state index contributed by atoms with van der Waals surface area (Å²) in [5.74, 6) is -0.226. The van der Waals surface area contributed by atoms with Crippen LogP contribution in [0, 0.1) is 17.1 Å². The van der Waals surface area contributed by atoms with E-state index in [-0.39, 0.29) is 5.82 Å². The van der Waals surface area contributed by atoms with E-state index in [9.17, 15) is 9.65 Å². The van der Waals surface area contributed by atoms with Gasteiger partial charge in [-0.1, -0.05) is 6.92 Å². The van der Waals surface area contributed by atoms with E-state index in [4.69, 9.17) is 0 Å². The van der Waals surface area contributed by atoms with E-state index < -0.39 is 5.54 Å². The molecule has 0 heterocycles. The summed E-state index contributed by atoms with van der Waals surface area (Å²) in [4.78, 5) is 2.16. The lowest BCUT2D eigenvalue weighted by Gasteiger charge is -2.29. The third kappa shape index (κ3) is 4.82. The van der Waals surface area contributed by atoms with Gasteiger partial charge in [0.05, 0.1) is 6.07 Å². The molecule has 0 aliphatic heterocycles. The minimum absolute atomic E-state index is 0.226. The average Bonchev–Trinajstić information content (AvgIpc) is 2.47. The monoisotopic (exact) mass is 277 g/mol. The number of nitrogens with one attached hydrogen (secondary N) is 1. The number of benzene rings is 1. The standard InChI is InChI=1S/C16H24FN3/c1-4-11-19-16(3,13-18)10-12-20(5-2)15-8-6-14(17)7-9-15/h6-9,19H,4-5,10-12H2,1-3H3. The quantitative estimate of drug-likeness (QED) is 0.792. The number of halogens is 1. The highest BCUT2D eigenvalue weighted by Crippen LogP contribution is 2.17. The predicted octanol–water partition coefficient (Wildman–Crippen LogP) is 3.32. The van der Waals surface area contributed by atoms with Gasteiger partial charge in [0.1, 0.15) is 11.4 Å². The van der Waals surface area contributed by atoms with Gasteiger partial charge in [-0.3, -0.25) is 5.32 Å². The maximum Gasteiger partial charge on any atom is 0.123 e. The Balaban J connectivity index is 2.64. The summed E-state index contributed by atoms with van der Waals surface area (Å²) >= 11 is 0. The van der Waals surface area contributed by atoms with Crippen molar-refractivity contribution < 1.29 is 4.39 Å². The van der Waals surface area contributed by atoms with Crippen LogP contribution in [0.1, 0.15) is 33.6 Å². The number of rotatable bonds is 8. The largest absolute Gasteiger partial charge is 0.372 e. The van der Waals surface area contributed by atoms with Gasteiger partial charge in [0, 0.05) is 18.8 Å². The Kier molecular flexibility index (Phi) is 6.47. The summed E-state index contributed by atoms with van der Waals surface area (Å²) in [7, 11) is 0. The number of anilines is 1. The molecule has 0 saturated heterocycles. The van der Waals surface area contributed by atoms with Gasteiger partial charge in [-0.05, 0) is 57.5 Å². The molecule has 20 heavy (non-hydrogen) atoms. The van der Waals surface area contributed by atoms with Crippen LogP contribution < -0.4 is 10.2 Å². The topological polar surface area (TPSA) is 39.1 Å². The molecule has 1 N–H and O–H groups in total. The Labute approximate surface area is 121 Å². The highest BCUT2D eigenvalue weighted by Gasteiger charge is 2.23. The summed E-state index contributed by atoms with van der Waals surface area (Å²) in [6.07, 6.45) is 1.74. The van der Waals surface area contributed by atoms with Gasteiger partial charge >= 0.3 is 0 Å². The average molecular weight is 277 g/mol. The maximum absolute atomic E-state index is 13.0. The Bertz CT molecular complexity index is 438. The molecule has 0 aliphatic carbocycles. The molecule has 0 amide bonds. The second-order valence-electron chi connectivity index (χ2n) is 5.18. The van der Waals surface area contributed by atoms with Crippen LogP contribution >= 0.6 is 0 Å². The van der Waals surface area contributed by atoms with Gasteiger partial charge in [-0.15, -0.1) is 0 Å². The first-order valence-electron chi connectivity index (χ1n) is 7.21. The molecule has 1 unspecified atom stereocenters. The molecule has 1 aromatic carbocycles. The molecule has 1 rings (SSSR count). The van der Waals surface area contributed by atoms with E-state index in [0.717, 1.165) is 38.2 Å². The Morgan fingerprint density at radius 1 is 1.30 bits per heavy atom. The second kappa shape index (κ2) is 7.86. The first-order chi connectivity index (χ1) is 9.54. The van der Waals surface area contributed by atoms with Crippen molar-refractivity contribution in [1.29, 1.82) is 5.26 Å². The Morgan fingerprint density at radius 3 is 2.45 bits per heavy atom. The molecule has 0 radical (unpaired) electrons. The van der Waals surface area contributed by atoms with Crippen molar-refractivity contribution in [3.8, 4) is 6.07 Å². The van der Waals surface area contributed by atoms with Crippen LogP contribution in [-0.2, 0) is 0 Å². The molecule has 110 valence electrons. The molecule has 0 saturated carbocycles. The third-order valence-corrected chi connectivity index (χ3v) is 3.47. The first kappa shape index (κ1) is 16.5. The van der Waals surface area contributed by atoms with Crippen LogP contribution in [0.15, 0.2) is 24.3 Å². The van der Waals surface area contributed by atoms with E-state index in [1.165, 1.54) is 12.1 Å². The van der Waals surface area contributed by atoms with E-state index in [0.29, 0.717) is 0 Å². The minimum Gasteiger partial charge on any atom is -0.372 e. The maximum atomic E-state index is 13.0. The minimum atomic E-state index is -0.510. The second-order valence-corrected chi connectivity index (χ2v) is 5.18. The fourth-order valence-corrected chi connectivity index (χ4v) is 2.06. The molecule has 4 heteroatoms. The molecule has 3 nitrogen and oxygen atoms in total. The number of hydrogen-bond acceptors (Lipinski definition) is 3. The zero-order valence-corrected chi connectivity index (χ0v) is 12.6. The summed E-state index contributed by atoms with van der Waals surface area (Å²) in [6, 6.07) is 8.85. The number of hydrogen-bond donors (Lipinski definition) is 1. The van der Waals surface area contributed by atoms with Crippen molar-refractivity contribution in [3.05, 3.63) is 30.1 Å². The molecule has 0 spiro atoms. The Morgan fingerprint density at radius 2 is 1.95 bits per heavy atom. The summed E-state index contributed by atoms with van der Waals surface area (Å²) < 4.78 is 13.0. The highest BCUT2D eigenvalue weighted by molar-refractivity contribution is 5.46. The van der Waals surface area contributed by atoms with Crippen molar-refractivity contribution in [1.82, 2.24) is 5.32 Å². The van der Waals surface area contributed by atoms with E-state index in [2.05, 4.69) is 30.1 Å². The lowest BCUT2D eigenvalue weighted by atomic mass is 9.99. The smallest absolute Gasteiger partial charge is 0.123 e. The van der Waals surface area contributed by atoms with Gasteiger partial charge in [0.2, 0.25) is 0 Å². The molecular formula is C16H24FN3. The molecule has 1 atom stereocenters. The molecule has 1 aromatic rings. The predicted molar refractivity (Wildman–Crippen MR) is 81.2 cm³/mol. The third-order valence-electron chi connectivity index (χ3n) is 3.47. The lowest BCUT2D eigenvalue weighted by molar-refractivity contribution is 0.419. The van der Waals surface area contributed by atoms with Crippen molar-refractivity contribution in [2.45, 2.75) is 39.2 Å². The fourth-order valence-electron chi connectivity index (χ4n) is 2.06. The SMILES string of the molecule is CCCNC(C)(C#N)CCN(CC)c1ccc(F)cc1. The molecule has 0 bridgehead atoms. The van der Waals surface area contributed by atoms with Gasteiger partial charge in [-0.25, -0.2) is 4.39 Å². The zero-order valence-electron chi connectivity index (χ0n) is 12.6. The summed E-state index contributed by atoms with van der Waals surface area (Å²) in [5.41, 5.74) is 0.480. The van der Waals surface area contributed by atoms with Crippen LogP contribution in [0.4, 0.5) is 10.1 Å². The molecule has 0 fully saturated rings. The van der Waals surface area contributed by atoms with E-state index >= 15 is 0 Å². The lowest BCUT2D eigenvalue weighted by Crippen LogP contribution is -2.44. The zero-order chi connectivity index (χ0) is 15.0. The first-order valence-corrected chi connectivity index (χ1v) is 7.21. The van der Waals surface area contributed by atoms with Crippen LogP contribution in [0.3, 0.4) is 0 Å². The van der Waals surface area contributed by atoms with Gasteiger partial charge in [0.15, 0.2) is 0 Å². The van der Waals surface area contributed by atoms with Crippen LogP contribution in [0.5, 0.6) is 0 Å². The number of nitrogens with zero attached hydrogens (tertiary/aromatic N) is 2. The molecule has 0 aromatic heterocycles. The van der Waals surface area contributed by atoms with Crippen LogP contribution in [0.25, 0.3) is 0 Å². The molecular weight excluding hydrogens is 253 g/mol. The van der Waals surface area contributed by atoms with Crippen molar-refractivity contribution in [2.24, 2.45) is 0 Å². The summed E-state index contributed by atoms with van der Waals surface area (Å²) in [6.45, 7) is 8.52. The van der Waals surface area contributed by atoms with Crippen LogP contribution in [0.2, 0.25) is 0 Å². The molecule has 0 aliphatic rings. The van der Waals surface area contributed by atoms with Crippen molar-refractivity contribution in [3.63, 3.8) is 0 Å².